The number of amides is 1. The standard InChI is InChI=1S/C18H37NO.C4H10O3/c1-2-3-4-5-6-7-8-9-10-11-12-13-14-15-16-17-18(19)20;5-1-3-7-4-2-6/h2-17H2,1H3,(H2,19,20);5-6H,1-4H2. The fourth-order valence-corrected chi connectivity index (χ4v) is 2.90. The van der Waals surface area contributed by atoms with Crippen LogP contribution in [0.25, 0.3) is 0 Å². The molecule has 1 amide bonds. The van der Waals surface area contributed by atoms with Crippen LogP contribution in [0.3, 0.4) is 0 Å². The van der Waals surface area contributed by atoms with E-state index in [0.29, 0.717) is 19.6 Å². The summed E-state index contributed by atoms with van der Waals surface area (Å²) in [5.41, 5.74) is 5.11. The highest BCUT2D eigenvalue weighted by molar-refractivity contribution is 5.73. The number of carbonyl (C=O) groups is 1. The molecule has 0 spiro atoms. The van der Waals surface area contributed by atoms with Crippen LogP contribution in [-0.4, -0.2) is 42.5 Å². The summed E-state index contributed by atoms with van der Waals surface area (Å²) in [6.07, 6.45) is 20.9. The number of rotatable bonds is 20. The van der Waals surface area contributed by atoms with Crippen LogP contribution >= 0.6 is 0 Å². The van der Waals surface area contributed by atoms with Crippen molar-refractivity contribution in [2.24, 2.45) is 5.73 Å². The first-order valence-corrected chi connectivity index (χ1v) is 11.3. The van der Waals surface area contributed by atoms with Gasteiger partial charge in [0.2, 0.25) is 5.91 Å². The molecule has 0 heterocycles. The maximum absolute atomic E-state index is 10.6. The zero-order valence-corrected chi connectivity index (χ0v) is 17.9. The van der Waals surface area contributed by atoms with Gasteiger partial charge in [0, 0.05) is 6.42 Å². The Bertz CT molecular complexity index is 271. The topological polar surface area (TPSA) is 92.8 Å². The van der Waals surface area contributed by atoms with Crippen LogP contribution < -0.4 is 5.73 Å². The highest BCUT2D eigenvalue weighted by Gasteiger charge is 1.96. The van der Waals surface area contributed by atoms with Crippen LogP contribution in [0.4, 0.5) is 0 Å². The Morgan fingerprint density at radius 3 is 1.30 bits per heavy atom. The summed E-state index contributed by atoms with van der Waals surface area (Å²) in [5, 5.41) is 16.2. The molecule has 0 aliphatic carbocycles. The van der Waals surface area contributed by atoms with E-state index in [0.717, 1.165) is 6.42 Å². The minimum atomic E-state index is -0.153. The number of nitrogens with two attached hydrogens (primary N) is 1. The molecule has 0 radical (unpaired) electrons. The van der Waals surface area contributed by atoms with Gasteiger partial charge in [-0.1, -0.05) is 96.8 Å². The summed E-state index contributed by atoms with van der Waals surface area (Å²) >= 11 is 0. The lowest BCUT2D eigenvalue weighted by Crippen LogP contribution is -2.09. The van der Waals surface area contributed by atoms with E-state index in [1.54, 1.807) is 0 Å². The molecule has 27 heavy (non-hydrogen) atoms. The number of aliphatic hydroxyl groups is 2. The zero-order chi connectivity index (χ0) is 20.4. The summed E-state index contributed by atoms with van der Waals surface area (Å²) in [6, 6.07) is 0. The minimum Gasteiger partial charge on any atom is -0.394 e. The third-order valence-corrected chi connectivity index (χ3v) is 4.50. The van der Waals surface area contributed by atoms with Gasteiger partial charge in [-0.2, -0.15) is 0 Å². The van der Waals surface area contributed by atoms with Crippen molar-refractivity contribution in [1.82, 2.24) is 0 Å². The van der Waals surface area contributed by atoms with Crippen molar-refractivity contribution in [3.8, 4) is 0 Å². The molecule has 0 aromatic heterocycles. The van der Waals surface area contributed by atoms with Crippen molar-refractivity contribution in [2.45, 2.75) is 110 Å². The van der Waals surface area contributed by atoms with Crippen LogP contribution in [0.2, 0.25) is 0 Å². The molecule has 0 saturated carbocycles. The van der Waals surface area contributed by atoms with Crippen LogP contribution in [0.1, 0.15) is 110 Å². The van der Waals surface area contributed by atoms with Gasteiger partial charge in [0.1, 0.15) is 0 Å². The number of unbranched alkanes of at least 4 members (excludes halogenated alkanes) is 14. The van der Waals surface area contributed by atoms with Gasteiger partial charge in [0.25, 0.3) is 0 Å². The van der Waals surface area contributed by atoms with E-state index in [9.17, 15) is 4.79 Å². The molecule has 0 bridgehead atoms. The lowest BCUT2D eigenvalue weighted by Gasteiger charge is -2.03. The van der Waals surface area contributed by atoms with Gasteiger partial charge in [-0.3, -0.25) is 4.79 Å². The second-order valence-electron chi connectivity index (χ2n) is 7.23. The second kappa shape index (κ2) is 27.6. The fourth-order valence-electron chi connectivity index (χ4n) is 2.90. The molecule has 0 aromatic carbocycles. The Balaban J connectivity index is 0. The maximum atomic E-state index is 10.6. The summed E-state index contributed by atoms with van der Waals surface area (Å²) < 4.78 is 4.63. The highest BCUT2D eigenvalue weighted by Crippen LogP contribution is 2.13. The average molecular weight is 390 g/mol. The predicted molar refractivity (Wildman–Crippen MR) is 114 cm³/mol. The molecule has 0 rings (SSSR count). The van der Waals surface area contributed by atoms with E-state index in [4.69, 9.17) is 15.9 Å². The van der Waals surface area contributed by atoms with Gasteiger partial charge >= 0.3 is 0 Å². The number of ether oxygens (including phenoxy) is 1. The molecule has 0 aliphatic rings. The molecule has 0 aliphatic heterocycles. The smallest absolute Gasteiger partial charge is 0.217 e. The van der Waals surface area contributed by atoms with Gasteiger partial charge in [0.05, 0.1) is 26.4 Å². The monoisotopic (exact) mass is 389 g/mol. The first-order valence-electron chi connectivity index (χ1n) is 11.3. The molecule has 4 N–H and O–H groups in total. The Labute approximate surface area is 168 Å². The van der Waals surface area contributed by atoms with Gasteiger partial charge in [-0.05, 0) is 6.42 Å². The fraction of sp³-hybridized carbons (Fsp3) is 0.955. The van der Waals surface area contributed by atoms with Crippen LogP contribution in [-0.2, 0) is 9.53 Å². The Kier molecular flexibility index (Phi) is 29.2. The quantitative estimate of drug-likeness (QED) is 0.263. The molecule has 0 unspecified atom stereocenters. The number of hydrogen-bond donors (Lipinski definition) is 3. The lowest BCUT2D eigenvalue weighted by molar-refractivity contribution is -0.118. The third kappa shape index (κ3) is 33.4. The predicted octanol–water partition coefficient (Wildman–Crippen LogP) is 4.72. The molecule has 0 aromatic rings. The molecule has 5 nitrogen and oxygen atoms in total. The normalized spacial score (nSPS) is 10.5. The van der Waals surface area contributed by atoms with Crippen molar-refractivity contribution in [2.75, 3.05) is 26.4 Å². The van der Waals surface area contributed by atoms with E-state index in [1.807, 2.05) is 0 Å². The number of aliphatic hydroxyl groups excluding tert-OH is 2. The molecule has 0 fully saturated rings. The van der Waals surface area contributed by atoms with Crippen LogP contribution in [0, 0.1) is 0 Å². The Morgan fingerprint density at radius 1 is 0.667 bits per heavy atom. The zero-order valence-electron chi connectivity index (χ0n) is 17.9. The van der Waals surface area contributed by atoms with Gasteiger partial charge in [-0.15, -0.1) is 0 Å². The molecule has 0 atom stereocenters. The average Bonchev–Trinajstić information content (AvgIpc) is 2.65. The second-order valence-corrected chi connectivity index (χ2v) is 7.23. The maximum Gasteiger partial charge on any atom is 0.217 e. The molecule has 0 saturated heterocycles. The molecular formula is C22H47NO4. The minimum absolute atomic E-state index is 0.0278. The van der Waals surface area contributed by atoms with Crippen LogP contribution in [0.15, 0.2) is 0 Å². The van der Waals surface area contributed by atoms with Gasteiger partial charge in [-0.25, -0.2) is 0 Å². The van der Waals surface area contributed by atoms with Gasteiger partial charge in [0.15, 0.2) is 0 Å². The molecule has 5 heteroatoms. The van der Waals surface area contributed by atoms with Gasteiger partial charge < -0.3 is 20.7 Å². The summed E-state index contributed by atoms with van der Waals surface area (Å²) in [6.45, 7) is 2.97. The SMILES string of the molecule is CCCCCCCCCCCCCCCCCC(N)=O.OCCOCCO. The lowest BCUT2D eigenvalue weighted by atomic mass is 10.0. The first kappa shape index (κ1) is 28.6. The van der Waals surface area contributed by atoms with Crippen molar-refractivity contribution in [3.63, 3.8) is 0 Å². The summed E-state index contributed by atoms with van der Waals surface area (Å²) in [5.74, 6) is -0.153. The van der Waals surface area contributed by atoms with E-state index in [2.05, 4.69) is 11.7 Å². The summed E-state index contributed by atoms with van der Waals surface area (Å²) in [4.78, 5) is 10.6. The number of primary amides is 1. The van der Waals surface area contributed by atoms with Crippen molar-refractivity contribution < 1.29 is 19.7 Å². The van der Waals surface area contributed by atoms with E-state index < -0.39 is 0 Å². The van der Waals surface area contributed by atoms with Crippen LogP contribution in [0.5, 0.6) is 0 Å². The number of hydrogen-bond acceptors (Lipinski definition) is 4. The summed E-state index contributed by atoms with van der Waals surface area (Å²) in [7, 11) is 0. The first-order chi connectivity index (χ1) is 13.2. The van der Waals surface area contributed by atoms with Crippen molar-refractivity contribution in [1.29, 1.82) is 0 Å². The highest BCUT2D eigenvalue weighted by atomic mass is 16.5. The van der Waals surface area contributed by atoms with E-state index in [-0.39, 0.29) is 19.1 Å². The molecular weight excluding hydrogens is 342 g/mol. The van der Waals surface area contributed by atoms with Crippen molar-refractivity contribution >= 4 is 5.91 Å². The van der Waals surface area contributed by atoms with E-state index in [1.165, 1.54) is 89.9 Å². The van der Waals surface area contributed by atoms with E-state index >= 15 is 0 Å². The number of carbonyl (C=O) groups excluding carboxylic acids is 1. The third-order valence-electron chi connectivity index (χ3n) is 4.50. The Morgan fingerprint density at radius 2 is 1.00 bits per heavy atom. The Hall–Kier alpha value is -0.650. The molecule has 164 valence electrons. The largest absolute Gasteiger partial charge is 0.394 e. The van der Waals surface area contributed by atoms with Crippen molar-refractivity contribution in [3.05, 3.63) is 0 Å².